The molecule has 1 aromatic carbocycles. The lowest BCUT2D eigenvalue weighted by Crippen LogP contribution is -2.34. The fourth-order valence-corrected chi connectivity index (χ4v) is 4.35. The van der Waals surface area contributed by atoms with Gasteiger partial charge in [0.15, 0.2) is 0 Å². The third-order valence-electron chi connectivity index (χ3n) is 5.06. The second-order valence-corrected chi connectivity index (χ2v) is 7.29. The van der Waals surface area contributed by atoms with Gasteiger partial charge in [-0.1, -0.05) is 41.6 Å². The molecule has 2 fully saturated rings. The molecule has 0 heterocycles. The summed E-state index contributed by atoms with van der Waals surface area (Å²) in [5.41, 5.74) is 0.817. The van der Waals surface area contributed by atoms with Gasteiger partial charge in [-0.3, -0.25) is 10.1 Å². The Morgan fingerprint density at radius 1 is 1.14 bits per heavy atom. The van der Waals surface area contributed by atoms with E-state index in [2.05, 4.69) is 21.2 Å². The Morgan fingerprint density at radius 3 is 2.67 bits per heavy atom. The van der Waals surface area contributed by atoms with Crippen LogP contribution in [0.2, 0.25) is 0 Å². The molecule has 5 heteroatoms. The molecule has 0 amide bonds. The molecule has 114 valence electrons. The molecule has 2 aliphatic rings. The summed E-state index contributed by atoms with van der Waals surface area (Å²) in [6.07, 6.45) is 9.03. The first kappa shape index (κ1) is 14.8. The lowest BCUT2D eigenvalue weighted by atomic mass is 9.69. The number of hydrogen-bond acceptors (Lipinski definition) is 3. The van der Waals surface area contributed by atoms with Crippen molar-refractivity contribution in [1.29, 1.82) is 0 Å². The van der Waals surface area contributed by atoms with Gasteiger partial charge >= 0.3 is 0 Å². The van der Waals surface area contributed by atoms with Crippen LogP contribution in [-0.4, -0.2) is 11.0 Å². The molecule has 21 heavy (non-hydrogen) atoms. The van der Waals surface area contributed by atoms with Gasteiger partial charge in [-0.05, 0) is 43.2 Å². The largest absolute Gasteiger partial charge is 0.377 e. The molecule has 0 radical (unpaired) electrons. The normalized spacial score (nSPS) is 28.7. The summed E-state index contributed by atoms with van der Waals surface area (Å²) in [4.78, 5) is 10.9. The van der Waals surface area contributed by atoms with Crippen LogP contribution in [0.3, 0.4) is 0 Å². The minimum atomic E-state index is -0.306. The van der Waals surface area contributed by atoms with Gasteiger partial charge in [0.05, 0.1) is 4.92 Å². The number of benzene rings is 1. The SMILES string of the molecule is O=[N+]([O-])c1cc(Br)ccc1NC1CCC2CCCCC2C1. The molecule has 3 unspecified atom stereocenters. The van der Waals surface area contributed by atoms with Gasteiger partial charge in [0.25, 0.3) is 5.69 Å². The predicted octanol–water partition coefficient (Wildman–Crippen LogP) is 5.13. The summed E-state index contributed by atoms with van der Waals surface area (Å²) >= 11 is 3.30. The van der Waals surface area contributed by atoms with Crippen LogP contribution < -0.4 is 5.32 Å². The van der Waals surface area contributed by atoms with Crippen LogP contribution in [0.15, 0.2) is 22.7 Å². The Labute approximate surface area is 133 Å². The molecule has 1 aromatic rings. The Balaban J connectivity index is 1.71. The van der Waals surface area contributed by atoms with Crippen molar-refractivity contribution in [3.63, 3.8) is 0 Å². The number of nitrogens with one attached hydrogen (secondary N) is 1. The van der Waals surface area contributed by atoms with Gasteiger partial charge in [0, 0.05) is 16.6 Å². The van der Waals surface area contributed by atoms with Crippen LogP contribution in [0, 0.1) is 22.0 Å². The molecule has 0 aromatic heterocycles. The summed E-state index contributed by atoms with van der Waals surface area (Å²) in [5, 5.41) is 14.6. The van der Waals surface area contributed by atoms with Crippen molar-refractivity contribution >= 4 is 27.3 Å². The van der Waals surface area contributed by atoms with Crippen molar-refractivity contribution in [3.8, 4) is 0 Å². The number of anilines is 1. The minimum absolute atomic E-state index is 0.162. The summed E-state index contributed by atoms with van der Waals surface area (Å²) in [5.74, 6) is 1.72. The average Bonchev–Trinajstić information content (AvgIpc) is 2.49. The van der Waals surface area contributed by atoms with Crippen molar-refractivity contribution in [2.24, 2.45) is 11.8 Å². The van der Waals surface area contributed by atoms with E-state index in [1.165, 1.54) is 32.1 Å². The average molecular weight is 353 g/mol. The zero-order chi connectivity index (χ0) is 14.8. The molecule has 0 spiro atoms. The summed E-state index contributed by atoms with van der Waals surface area (Å²) in [6, 6.07) is 5.63. The van der Waals surface area contributed by atoms with E-state index in [0.29, 0.717) is 11.7 Å². The smallest absolute Gasteiger partial charge is 0.293 e. The van der Waals surface area contributed by atoms with Gasteiger partial charge in [-0.25, -0.2) is 0 Å². The highest BCUT2D eigenvalue weighted by Gasteiger charge is 2.32. The van der Waals surface area contributed by atoms with Gasteiger partial charge in [-0.15, -0.1) is 0 Å². The molecule has 1 N–H and O–H groups in total. The second kappa shape index (κ2) is 6.34. The topological polar surface area (TPSA) is 55.2 Å². The maximum atomic E-state index is 11.2. The molecule has 2 aliphatic carbocycles. The van der Waals surface area contributed by atoms with Crippen LogP contribution in [-0.2, 0) is 0 Å². The highest BCUT2D eigenvalue weighted by atomic mass is 79.9. The molecule has 0 aliphatic heterocycles. The predicted molar refractivity (Wildman–Crippen MR) is 87.5 cm³/mol. The number of nitro benzene ring substituents is 1. The van der Waals surface area contributed by atoms with Crippen molar-refractivity contribution in [2.45, 2.75) is 51.0 Å². The maximum Gasteiger partial charge on any atom is 0.293 e. The molecule has 4 nitrogen and oxygen atoms in total. The number of hydrogen-bond donors (Lipinski definition) is 1. The van der Waals surface area contributed by atoms with Crippen LogP contribution in [0.25, 0.3) is 0 Å². The minimum Gasteiger partial charge on any atom is -0.377 e. The van der Waals surface area contributed by atoms with Gasteiger partial charge in [-0.2, -0.15) is 0 Å². The highest BCUT2D eigenvalue weighted by molar-refractivity contribution is 9.10. The molecular formula is C16H21BrN2O2. The van der Waals surface area contributed by atoms with Crippen LogP contribution in [0.1, 0.15) is 44.9 Å². The lowest BCUT2D eigenvalue weighted by Gasteiger charge is -2.39. The van der Waals surface area contributed by atoms with E-state index < -0.39 is 0 Å². The Kier molecular flexibility index (Phi) is 4.48. The Bertz CT molecular complexity index is 535. The van der Waals surface area contributed by atoms with Crippen LogP contribution in [0.4, 0.5) is 11.4 Å². The highest BCUT2D eigenvalue weighted by Crippen LogP contribution is 2.41. The van der Waals surface area contributed by atoms with Crippen molar-refractivity contribution < 1.29 is 4.92 Å². The standard InChI is InChI=1S/C16H21BrN2O2/c17-13-6-8-15(16(10-13)19(20)21)18-14-7-5-11-3-1-2-4-12(11)9-14/h6,8,10-12,14,18H,1-5,7,9H2. The number of fused-ring (bicyclic) bond motifs is 1. The summed E-state index contributed by atoms with van der Waals surface area (Å²) in [7, 11) is 0. The van der Waals surface area contributed by atoms with Crippen LogP contribution in [0.5, 0.6) is 0 Å². The van der Waals surface area contributed by atoms with Crippen molar-refractivity contribution in [2.75, 3.05) is 5.32 Å². The van der Waals surface area contributed by atoms with Gasteiger partial charge < -0.3 is 5.32 Å². The van der Waals surface area contributed by atoms with E-state index in [4.69, 9.17) is 0 Å². The number of halogens is 1. The number of nitrogens with zero attached hydrogens (tertiary/aromatic N) is 1. The second-order valence-electron chi connectivity index (χ2n) is 6.38. The maximum absolute atomic E-state index is 11.2. The lowest BCUT2D eigenvalue weighted by molar-refractivity contribution is -0.384. The molecule has 0 bridgehead atoms. The third-order valence-corrected chi connectivity index (χ3v) is 5.55. The molecule has 3 rings (SSSR count). The first-order valence-electron chi connectivity index (χ1n) is 7.84. The van der Waals surface area contributed by atoms with Crippen molar-refractivity contribution in [3.05, 3.63) is 32.8 Å². The number of nitro groups is 1. The monoisotopic (exact) mass is 352 g/mol. The van der Waals surface area contributed by atoms with Gasteiger partial charge in [0.1, 0.15) is 5.69 Å². The van der Waals surface area contributed by atoms with E-state index in [0.717, 1.165) is 29.2 Å². The van der Waals surface area contributed by atoms with Gasteiger partial charge in [0.2, 0.25) is 0 Å². The van der Waals surface area contributed by atoms with E-state index in [-0.39, 0.29) is 10.6 Å². The van der Waals surface area contributed by atoms with Crippen LogP contribution >= 0.6 is 15.9 Å². The van der Waals surface area contributed by atoms with E-state index in [1.807, 2.05) is 12.1 Å². The molecule has 3 atom stereocenters. The Hall–Kier alpha value is -1.10. The third kappa shape index (κ3) is 3.39. The molecule has 2 saturated carbocycles. The first-order valence-corrected chi connectivity index (χ1v) is 8.63. The molecule has 0 saturated heterocycles. The van der Waals surface area contributed by atoms with Crippen molar-refractivity contribution in [1.82, 2.24) is 0 Å². The summed E-state index contributed by atoms with van der Waals surface area (Å²) in [6.45, 7) is 0. The molecular weight excluding hydrogens is 332 g/mol. The first-order chi connectivity index (χ1) is 10.1. The number of rotatable bonds is 3. The van der Waals surface area contributed by atoms with E-state index >= 15 is 0 Å². The van der Waals surface area contributed by atoms with E-state index in [1.54, 1.807) is 6.07 Å². The quantitative estimate of drug-likeness (QED) is 0.606. The fourth-order valence-electron chi connectivity index (χ4n) is 4.00. The van der Waals surface area contributed by atoms with E-state index in [9.17, 15) is 10.1 Å². The zero-order valence-corrected chi connectivity index (χ0v) is 13.6. The summed E-state index contributed by atoms with van der Waals surface area (Å²) < 4.78 is 0.746. The Morgan fingerprint density at radius 2 is 1.90 bits per heavy atom. The fraction of sp³-hybridized carbons (Fsp3) is 0.625. The zero-order valence-electron chi connectivity index (χ0n) is 12.1.